The number of allylic oxidation sites excluding steroid dienone is 1. The van der Waals surface area contributed by atoms with Crippen LogP contribution in [0.2, 0.25) is 0 Å². The molecule has 1 saturated heterocycles. The molecule has 2 unspecified atom stereocenters. The van der Waals surface area contributed by atoms with Crippen LogP contribution >= 0.6 is 0 Å². The monoisotopic (exact) mass is 646 g/mol. The van der Waals surface area contributed by atoms with Crippen LogP contribution in [0.15, 0.2) is 66.2 Å². The summed E-state index contributed by atoms with van der Waals surface area (Å²) in [7, 11) is 3.19. The van der Waals surface area contributed by atoms with Gasteiger partial charge in [-0.3, -0.25) is 28.8 Å². The van der Waals surface area contributed by atoms with Crippen LogP contribution in [-0.4, -0.2) is 91.6 Å². The molecular weight excluding hydrogens is 600 g/mol. The number of amides is 6. The smallest absolute Gasteiger partial charge is 0.249 e. The summed E-state index contributed by atoms with van der Waals surface area (Å²) >= 11 is 0. The zero-order chi connectivity index (χ0) is 34.3. The number of carbonyl (C=O) groups excluding carboxylic acids is 6. The maximum Gasteiger partial charge on any atom is 0.249 e. The summed E-state index contributed by atoms with van der Waals surface area (Å²) in [4.78, 5) is 79.6. The molecule has 12 heteroatoms. The number of hydrogen-bond acceptors (Lipinski definition) is 6. The summed E-state index contributed by atoms with van der Waals surface area (Å²) in [6, 6.07) is 15.1. The van der Waals surface area contributed by atoms with Crippen molar-refractivity contribution in [2.75, 3.05) is 40.3 Å². The molecule has 0 bridgehead atoms. The number of likely N-dealkylation sites (tertiary alicyclic amines) is 1. The Labute approximate surface area is 276 Å². The van der Waals surface area contributed by atoms with Gasteiger partial charge < -0.3 is 31.1 Å². The molecule has 3 rings (SSSR count). The Balaban J connectivity index is 1.47. The van der Waals surface area contributed by atoms with Crippen molar-refractivity contribution in [1.29, 1.82) is 0 Å². The molecule has 2 atom stereocenters. The van der Waals surface area contributed by atoms with E-state index in [0.717, 1.165) is 11.1 Å². The van der Waals surface area contributed by atoms with Gasteiger partial charge in [0.25, 0.3) is 0 Å². The van der Waals surface area contributed by atoms with Gasteiger partial charge in [-0.1, -0.05) is 73.2 Å². The fourth-order valence-electron chi connectivity index (χ4n) is 5.30. The van der Waals surface area contributed by atoms with E-state index in [1.807, 2.05) is 38.1 Å². The summed E-state index contributed by atoms with van der Waals surface area (Å²) in [6.07, 6.45) is 4.08. The zero-order valence-electron chi connectivity index (χ0n) is 27.6. The topological polar surface area (TPSA) is 157 Å². The van der Waals surface area contributed by atoms with Gasteiger partial charge in [0.2, 0.25) is 35.4 Å². The van der Waals surface area contributed by atoms with Gasteiger partial charge in [0.15, 0.2) is 0 Å². The van der Waals surface area contributed by atoms with Gasteiger partial charge in [-0.2, -0.15) is 0 Å². The molecule has 2 aromatic rings. The SMILES string of the molecule is CC/C=C(\CNC(=O)C1CCCN1C(=O)CNC(=O)CCc1cccc(C)c1)C(=O)NCC(=O)NC(C(=O)N(C)C)c1ccccc1. The van der Waals surface area contributed by atoms with Crippen LogP contribution in [0.3, 0.4) is 0 Å². The summed E-state index contributed by atoms with van der Waals surface area (Å²) in [5, 5.41) is 10.7. The van der Waals surface area contributed by atoms with Crippen LogP contribution in [0, 0.1) is 6.92 Å². The Morgan fingerprint density at radius 1 is 0.915 bits per heavy atom. The Hall–Kier alpha value is -5.00. The van der Waals surface area contributed by atoms with E-state index in [1.54, 1.807) is 50.5 Å². The van der Waals surface area contributed by atoms with E-state index in [0.29, 0.717) is 37.8 Å². The lowest BCUT2D eigenvalue weighted by Crippen LogP contribution is -2.49. The molecule has 1 aliphatic heterocycles. The van der Waals surface area contributed by atoms with Crippen molar-refractivity contribution in [2.45, 2.75) is 58.0 Å². The third kappa shape index (κ3) is 11.4. The van der Waals surface area contributed by atoms with Gasteiger partial charge in [-0.15, -0.1) is 0 Å². The van der Waals surface area contributed by atoms with Crippen LogP contribution in [0.4, 0.5) is 0 Å². The van der Waals surface area contributed by atoms with Crippen molar-refractivity contribution in [3.63, 3.8) is 0 Å². The lowest BCUT2D eigenvalue weighted by molar-refractivity contribution is -0.138. The Bertz CT molecular complexity index is 1460. The molecule has 47 heavy (non-hydrogen) atoms. The minimum Gasteiger partial charge on any atom is -0.350 e. The minimum absolute atomic E-state index is 0.0971. The normalized spacial score (nSPS) is 14.9. The molecule has 0 spiro atoms. The Kier molecular flexibility index (Phi) is 14.1. The van der Waals surface area contributed by atoms with Crippen LogP contribution < -0.4 is 21.3 Å². The highest BCUT2D eigenvalue weighted by Gasteiger charge is 2.34. The summed E-state index contributed by atoms with van der Waals surface area (Å²) < 4.78 is 0. The lowest BCUT2D eigenvalue weighted by Gasteiger charge is -2.24. The highest BCUT2D eigenvalue weighted by atomic mass is 16.2. The molecule has 0 radical (unpaired) electrons. The fourth-order valence-corrected chi connectivity index (χ4v) is 5.30. The molecule has 12 nitrogen and oxygen atoms in total. The molecule has 0 aliphatic carbocycles. The predicted molar refractivity (Wildman–Crippen MR) is 178 cm³/mol. The highest BCUT2D eigenvalue weighted by Crippen LogP contribution is 2.18. The van der Waals surface area contributed by atoms with E-state index in [-0.39, 0.29) is 49.3 Å². The van der Waals surface area contributed by atoms with E-state index in [2.05, 4.69) is 21.3 Å². The van der Waals surface area contributed by atoms with Crippen molar-refractivity contribution in [3.8, 4) is 0 Å². The van der Waals surface area contributed by atoms with Crippen LogP contribution in [0.5, 0.6) is 0 Å². The molecule has 2 aromatic carbocycles. The largest absolute Gasteiger partial charge is 0.350 e. The second-order valence-corrected chi connectivity index (χ2v) is 11.7. The number of nitrogens with zero attached hydrogens (tertiary/aromatic N) is 2. The quantitative estimate of drug-likeness (QED) is 0.215. The number of aryl methyl sites for hydroxylation is 2. The standard InChI is InChI=1S/C35H46N6O6/c1-5-11-27(33(45)38-22-30(43)39-32(35(47)40(3)4)26-14-7-6-8-15-26)21-37-34(46)28-16-10-19-41(28)31(44)23-36-29(42)18-17-25-13-9-12-24(2)20-25/h6-9,11-15,20,28,32H,5,10,16-19,21-23H2,1-4H3,(H,36,42)(H,37,46)(H,38,45)(H,39,43)/b27-11+. The second-order valence-electron chi connectivity index (χ2n) is 11.7. The third-order valence-corrected chi connectivity index (χ3v) is 7.77. The number of carbonyl (C=O) groups is 6. The summed E-state index contributed by atoms with van der Waals surface area (Å²) in [6.45, 7) is 3.55. The first kappa shape index (κ1) is 36.5. The van der Waals surface area contributed by atoms with E-state index in [4.69, 9.17) is 0 Å². The first-order chi connectivity index (χ1) is 22.5. The predicted octanol–water partition coefficient (Wildman–Crippen LogP) is 1.55. The van der Waals surface area contributed by atoms with E-state index < -0.39 is 29.8 Å². The molecule has 0 saturated carbocycles. The van der Waals surface area contributed by atoms with Crippen LogP contribution in [0.25, 0.3) is 0 Å². The van der Waals surface area contributed by atoms with Crippen molar-refractivity contribution in [1.82, 2.24) is 31.1 Å². The average molecular weight is 647 g/mol. The Morgan fingerprint density at radius 3 is 2.34 bits per heavy atom. The van der Waals surface area contributed by atoms with Gasteiger partial charge in [0.05, 0.1) is 13.1 Å². The van der Waals surface area contributed by atoms with Gasteiger partial charge in [0.1, 0.15) is 12.1 Å². The van der Waals surface area contributed by atoms with Crippen LogP contribution in [0.1, 0.15) is 55.3 Å². The van der Waals surface area contributed by atoms with E-state index in [1.165, 1.54) is 9.80 Å². The highest BCUT2D eigenvalue weighted by molar-refractivity contribution is 5.98. The maximum absolute atomic E-state index is 13.1. The molecule has 6 amide bonds. The first-order valence-electron chi connectivity index (χ1n) is 15.9. The van der Waals surface area contributed by atoms with Gasteiger partial charge in [0, 0.05) is 39.2 Å². The molecule has 252 valence electrons. The van der Waals surface area contributed by atoms with Crippen molar-refractivity contribution in [2.24, 2.45) is 0 Å². The first-order valence-corrected chi connectivity index (χ1v) is 15.9. The minimum atomic E-state index is -0.912. The number of hydrogen-bond donors (Lipinski definition) is 4. The number of nitrogens with one attached hydrogen (secondary N) is 4. The van der Waals surface area contributed by atoms with Gasteiger partial charge >= 0.3 is 0 Å². The number of benzene rings is 2. The second kappa shape index (κ2) is 18.2. The molecule has 1 fully saturated rings. The third-order valence-electron chi connectivity index (χ3n) is 7.77. The lowest BCUT2D eigenvalue weighted by atomic mass is 10.1. The Morgan fingerprint density at radius 2 is 1.66 bits per heavy atom. The summed E-state index contributed by atoms with van der Waals surface area (Å²) in [5.74, 6) is -2.39. The summed E-state index contributed by atoms with van der Waals surface area (Å²) in [5.41, 5.74) is 3.03. The molecule has 0 aromatic heterocycles. The molecule has 4 N–H and O–H groups in total. The average Bonchev–Trinajstić information content (AvgIpc) is 3.56. The van der Waals surface area contributed by atoms with Crippen molar-refractivity contribution >= 4 is 35.4 Å². The number of rotatable bonds is 15. The maximum atomic E-state index is 13.1. The molecule has 1 heterocycles. The molecular formula is C35H46N6O6. The van der Waals surface area contributed by atoms with E-state index in [9.17, 15) is 28.8 Å². The van der Waals surface area contributed by atoms with Crippen molar-refractivity contribution in [3.05, 3.63) is 82.9 Å². The van der Waals surface area contributed by atoms with E-state index >= 15 is 0 Å². The van der Waals surface area contributed by atoms with Gasteiger partial charge in [-0.25, -0.2) is 0 Å². The van der Waals surface area contributed by atoms with Crippen molar-refractivity contribution < 1.29 is 28.8 Å². The molecule has 1 aliphatic rings. The fraction of sp³-hybridized carbons (Fsp3) is 0.429. The number of likely N-dealkylation sites (N-methyl/N-ethyl adjacent to an activating group) is 1. The van der Waals surface area contributed by atoms with Crippen LogP contribution in [-0.2, 0) is 35.2 Å². The zero-order valence-corrected chi connectivity index (χ0v) is 27.6. The van der Waals surface area contributed by atoms with Gasteiger partial charge in [-0.05, 0) is 43.7 Å².